The average Bonchev–Trinajstić information content (AvgIpc) is 2.11. The lowest BCUT2D eigenvalue weighted by Crippen LogP contribution is -2.39. The molecule has 0 aliphatic carbocycles. The maximum absolute atomic E-state index is 11.1. The summed E-state index contributed by atoms with van der Waals surface area (Å²) < 4.78 is 4.84. The molecule has 4 heteroatoms. The molecule has 0 rings (SSSR count). The van der Waals surface area contributed by atoms with Crippen molar-refractivity contribution in [3.05, 3.63) is 0 Å². The summed E-state index contributed by atoms with van der Waals surface area (Å²) in [4.78, 5) is 13.2. The van der Waals surface area contributed by atoms with E-state index in [0.717, 1.165) is 6.54 Å². The van der Waals surface area contributed by atoms with Gasteiger partial charge in [-0.2, -0.15) is 0 Å². The maximum Gasteiger partial charge on any atom is 0.307 e. The molecule has 1 N–H and O–H groups in total. The predicted octanol–water partition coefficient (Wildman–Crippen LogP) is 1.03. The first-order chi connectivity index (χ1) is 6.89. The second-order valence-electron chi connectivity index (χ2n) is 4.24. The van der Waals surface area contributed by atoms with Crippen LogP contribution in [0.2, 0.25) is 0 Å². The molecule has 0 spiro atoms. The summed E-state index contributed by atoms with van der Waals surface area (Å²) in [6.07, 6.45) is 0.387. The van der Waals surface area contributed by atoms with Crippen molar-refractivity contribution < 1.29 is 14.6 Å². The lowest BCUT2D eigenvalue weighted by Gasteiger charge is -2.27. The molecule has 0 fully saturated rings. The van der Waals surface area contributed by atoms with E-state index >= 15 is 0 Å². The first kappa shape index (κ1) is 14.4. The van der Waals surface area contributed by atoms with Crippen LogP contribution in [-0.2, 0) is 9.53 Å². The van der Waals surface area contributed by atoms with E-state index in [0.29, 0.717) is 26.1 Å². The van der Waals surface area contributed by atoms with Gasteiger partial charge in [0.25, 0.3) is 0 Å². The number of hydrogen-bond donors (Lipinski definition) is 1. The third-order valence-corrected chi connectivity index (χ3v) is 2.00. The van der Waals surface area contributed by atoms with Crippen LogP contribution in [0.3, 0.4) is 0 Å². The average molecular weight is 217 g/mol. The number of ether oxygens (including phenoxy) is 1. The van der Waals surface area contributed by atoms with Crippen molar-refractivity contribution in [3.8, 4) is 0 Å². The quantitative estimate of drug-likeness (QED) is 0.647. The zero-order chi connectivity index (χ0) is 11.9. The SMILES string of the molecule is CCOC(=O)CCN(CC)CC(C)(C)O. The minimum Gasteiger partial charge on any atom is -0.466 e. The number of nitrogens with zero attached hydrogens (tertiary/aromatic N) is 1. The fraction of sp³-hybridized carbons (Fsp3) is 0.909. The van der Waals surface area contributed by atoms with E-state index in [1.54, 1.807) is 20.8 Å². The van der Waals surface area contributed by atoms with Crippen LogP contribution in [0.15, 0.2) is 0 Å². The van der Waals surface area contributed by atoms with Gasteiger partial charge < -0.3 is 14.7 Å². The summed E-state index contributed by atoms with van der Waals surface area (Å²) in [6.45, 7) is 9.80. The Morgan fingerprint density at radius 3 is 2.40 bits per heavy atom. The first-order valence-electron chi connectivity index (χ1n) is 5.49. The molecule has 0 saturated carbocycles. The van der Waals surface area contributed by atoms with Gasteiger partial charge in [0, 0.05) is 13.1 Å². The molecule has 0 amide bonds. The number of carbonyl (C=O) groups excluding carboxylic acids is 1. The molecule has 0 aliphatic rings. The Morgan fingerprint density at radius 2 is 2.00 bits per heavy atom. The van der Waals surface area contributed by atoms with Crippen LogP contribution >= 0.6 is 0 Å². The van der Waals surface area contributed by atoms with Crippen molar-refractivity contribution in [1.82, 2.24) is 4.90 Å². The number of hydrogen-bond acceptors (Lipinski definition) is 4. The van der Waals surface area contributed by atoms with E-state index < -0.39 is 5.60 Å². The summed E-state index contributed by atoms with van der Waals surface area (Å²) in [5, 5.41) is 9.63. The van der Waals surface area contributed by atoms with Gasteiger partial charge >= 0.3 is 5.97 Å². The molecule has 4 nitrogen and oxygen atoms in total. The Labute approximate surface area is 92.2 Å². The van der Waals surface area contributed by atoms with E-state index in [9.17, 15) is 9.90 Å². The predicted molar refractivity (Wildman–Crippen MR) is 59.7 cm³/mol. The van der Waals surface area contributed by atoms with Gasteiger partial charge in [-0.15, -0.1) is 0 Å². The normalized spacial score (nSPS) is 11.9. The molecule has 0 atom stereocenters. The molecule has 0 heterocycles. The molecule has 0 aliphatic heterocycles. The molecule has 0 saturated heterocycles. The Kier molecular flexibility index (Phi) is 6.52. The van der Waals surface area contributed by atoms with Crippen LogP contribution in [0, 0.1) is 0 Å². The number of carbonyl (C=O) groups is 1. The molecule has 90 valence electrons. The van der Waals surface area contributed by atoms with E-state index in [4.69, 9.17) is 4.74 Å². The number of esters is 1. The zero-order valence-corrected chi connectivity index (χ0v) is 10.2. The van der Waals surface area contributed by atoms with Crippen LogP contribution in [0.4, 0.5) is 0 Å². The van der Waals surface area contributed by atoms with Crippen molar-refractivity contribution in [2.45, 2.75) is 39.7 Å². The van der Waals surface area contributed by atoms with E-state index in [1.165, 1.54) is 0 Å². The molecule has 15 heavy (non-hydrogen) atoms. The fourth-order valence-corrected chi connectivity index (χ4v) is 1.38. The van der Waals surface area contributed by atoms with Crippen LogP contribution in [-0.4, -0.2) is 47.8 Å². The topological polar surface area (TPSA) is 49.8 Å². The molecule has 0 aromatic rings. The van der Waals surface area contributed by atoms with Crippen molar-refractivity contribution >= 4 is 5.97 Å². The van der Waals surface area contributed by atoms with E-state index in [1.807, 2.05) is 11.8 Å². The summed E-state index contributed by atoms with van der Waals surface area (Å²) in [5.41, 5.74) is -0.718. The van der Waals surface area contributed by atoms with Crippen LogP contribution in [0.25, 0.3) is 0 Å². The molecule has 0 unspecified atom stereocenters. The summed E-state index contributed by atoms with van der Waals surface area (Å²) >= 11 is 0. The Balaban J connectivity index is 3.85. The van der Waals surface area contributed by atoms with Crippen LogP contribution in [0.1, 0.15) is 34.1 Å². The molecular formula is C11H23NO3. The largest absolute Gasteiger partial charge is 0.466 e. The Bertz CT molecular complexity index is 187. The maximum atomic E-state index is 11.1. The second kappa shape index (κ2) is 6.80. The first-order valence-corrected chi connectivity index (χ1v) is 5.49. The Morgan fingerprint density at radius 1 is 1.40 bits per heavy atom. The van der Waals surface area contributed by atoms with Crippen LogP contribution in [0.5, 0.6) is 0 Å². The molecule has 0 aromatic heterocycles. The van der Waals surface area contributed by atoms with Gasteiger partial charge in [-0.3, -0.25) is 4.79 Å². The van der Waals surface area contributed by atoms with E-state index in [-0.39, 0.29) is 5.97 Å². The van der Waals surface area contributed by atoms with Crippen molar-refractivity contribution in [1.29, 1.82) is 0 Å². The van der Waals surface area contributed by atoms with Gasteiger partial charge in [-0.05, 0) is 27.3 Å². The molecule has 0 radical (unpaired) electrons. The van der Waals surface area contributed by atoms with E-state index in [2.05, 4.69) is 0 Å². The standard InChI is InChI=1S/C11H23NO3/c1-5-12(9-11(3,4)14)8-7-10(13)15-6-2/h14H,5-9H2,1-4H3. The minimum absolute atomic E-state index is 0.174. The molecule has 0 aromatic carbocycles. The highest BCUT2D eigenvalue weighted by molar-refractivity contribution is 5.69. The van der Waals surface area contributed by atoms with Gasteiger partial charge in [0.2, 0.25) is 0 Å². The van der Waals surface area contributed by atoms with Crippen molar-refractivity contribution in [2.75, 3.05) is 26.2 Å². The van der Waals surface area contributed by atoms with Crippen molar-refractivity contribution in [3.63, 3.8) is 0 Å². The number of rotatable bonds is 7. The van der Waals surface area contributed by atoms with Gasteiger partial charge in [-0.25, -0.2) is 0 Å². The van der Waals surface area contributed by atoms with Gasteiger partial charge in [-0.1, -0.05) is 6.92 Å². The highest BCUT2D eigenvalue weighted by Crippen LogP contribution is 2.05. The summed E-state index contributed by atoms with van der Waals surface area (Å²) in [6, 6.07) is 0. The highest BCUT2D eigenvalue weighted by Gasteiger charge is 2.17. The minimum atomic E-state index is -0.718. The Hall–Kier alpha value is -0.610. The number of likely N-dealkylation sites (N-methyl/N-ethyl adjacent to an activating group) is 1. The van der Waals surface area contributed by atoms with Gasteiger partial charge in [0.05, 0.1) is 18.6 Å². The van der Waals surface area contributed by atoms with Gasteiger partial charge in [0.15, 0.2) is 0 Å². The number of aliphatic hydroxyl groups is 1. The van der Waals surface area contributed by atoms with Crippen LogP contribution < -0.4 is 0 Å². The third-order valence-electron chi connectivity index (χ3n) is 2.00. The smallest absolute Gasteiger partial charge is 0.307 e. The summed E-state index contributed by atoms with van der Waals surface area (Å²) in [5.74, 6) is -0.174. The monoisotopic (exact) mass is 217 g/mol. The second-order valence-corrected chi connectivity index (χ2v) is 4.24. The lowest BCUT2D eigenvalue weighted by atomic mass is 10.1. The van der Waals surface area contributed by atoms with Gasteiger partial charge in [0.1, 0.15) is 0 Å². The zero-order valence-electron chi connectivity index (χ0n) is 10.2. The highest BCUT2D eigenvalue weighted by atomic mass is 16.5. The van der Waals surface area contributed by atoms with Crippen molar-refractivity contribution in [2.24, 2.45) is 0 Å². The lowest BCUT2D eigenvalue weighted by molar-refractivity contribution is -0.143. The fourth-order valence-electron chi connectivity index (χ4n) is 1.38. The third kappa shape index (κ3) is 8.39. The molecular weight excluding hydrogens is 194 g/mol. The molecule has 0 bridgehead atoms. The summed E-state index contributed by atoms with van der Waals surface area (Å²) in [7, 11) is 0.